The predicted molar refractivity (Wildman–Crippen MR) is 69.1 cm³/mol. The van der Waals surface area contributed by atoms with E-state index in [1.54, 1.807) is 17.8 Å². The van der Waals surface area contributed by atoms with Crippen molar-refractivity contribution in [3.63, 3.8) is 0 Å². The zero-order chi connectivity index (χ0) is 12.3. The summed E-state index contributed by atoms with van der Waals surface area (Å²) in [6.07, 6.45) is 0.750. The zero-order valence-electron chi connectivity index (χ0n) is 9.31. The molecule has 2 N–H and O–H groups in total. The summed E-state index contributed by atoms with van der Waals surface area (Å²) in [5, 5.41) is 4.52. The number of aromatic nitrogens is 2. The zero-order valence-corrected chi connectivity index (χ0v) is 10.9. The number of hydrogen-bond donors (Lipinski definition) is 1. The van der Waals surface area contributed by atoms with Gasteiger partial charge in [-0.05, 0) is 18.2 Å². The molecule has 90 valence electrons. The molecule has 0 radical (unpaired) electrons. The molecule has 6 heteroatoms. The number of benzene rings is 1. The van der Waals surface area contributed by atoms with Gasteiger partial charge in [0, 0.05) is 17.0 Å². The number of anilines is 1. The van der Waals surface area contributed by atoms with Crippen LogP contribution in [0.1, 0.15) is 18.6 Å². The first-order chi connectivity index (χ1) is 8.19. The molecule has 2 rings (SSSR count). The van der Waals surface area contributed by atoms with Gasteiger partial charge in [-0.2, -0.15) is 4.98 Å². The average Bonchev–Trinajstić information content (AvgIpc) is 2.76. The Balaban J connectivity index is 2.02. The van der Waals surface area contributed by atoms with Gasteiger partial charge in [-0.25, -0.2) is 0 Å². The molecule has 1 aromatic heterocycles. The molecule has 1 heterocycles. The van der Waals surface area contributed by atoms with E-state index in [4.69, 9.17) is 21.9 Å². The maximum Gasteiger partial charge on any atom is 0.226 e. The topological polar surface area (TPSA) is 64.9 Å². The number of halogens is 1. The van der Waals surface area contributed by atoms with Crippen LogP contribution in [0.3, 0.4) is 0 Å². The normalized spacial score (nSPS) is 10.7. The van der Waals surface area contributed by atoms with Crippen molar-refractivity contribution < 1.29 is 4.52 Å². The van der Waals surface area contributed by atoms with Gasteiger partial charge in [0.1, 0.15) is 0 Å². The van der Waals surface area contributed by atoms with E-state index in [0.29, 0.717) is 28.2 Å². The van der Waals surface area contributed by atoms with E-state index in [1.165, 1.54) is 0 Å². The molecule has 0 bridgehead atoms. The van der Waals surface area contributed by atoms with Crippen molar-refractivity contribution in [2.24, 2.45) is 0 Å². The van der Waals surface area contributed by atoms with Crippen LogP contribution in [0.15, 0.2) is 27.6 Å². The van der Waals surface area contributed by atoms with E-state index in [1.807, 2.05) is 19.1 Å². The smallest absolute Gasteiger partial charge is 0.226 e. The van der Waals surface area contributed by atoms with Crippen molar-refractivity contribution in [2.45, 2.75) is 24.0 Å². The molecule has 0 saturated carbocycles. The number of aryl methyl sites for hydroxylation is 1. The van der Waals surface area contributed by atoms with Crippen molar-refractivity contribution in [2.75, 3.05) is 5.73 Å². The van der Waals surface area contributed by atoms with Crippen LogP contribution >= 0.6 is 23.4 Å². The van der Waals surface area contributed by atoms with E-state index in [-0.39, 0.29) is 0 Å². The lowest BCUT2D eigenvalue weighted by Crippen LogP contribution is -1.87. The Kier molecular flexibility index (Phi) is 3.91. The first-order valence-corrected chi connectivity index (χ1v) is 6.54. The first kappa shape index (κ1) is 12.3. The molecule has 0 spiro atoms. The minimum atomic E-state index is 0.632. The van der Waals surface area contributed by atoms with E-state index in [2.05, 4.69) is 10.1 Å². The third-order valence-corrected chi connectivity index (χ3v) is 3.62. The Bertz CT molecular complexity index is 515. The summed E-state index contributed by atoms with van der Waals surface area (Å²) in [6.45, 7) is 1.97. The highest BCUT2D eigenvalue weighted by Crippen LogP contribution is 2.30. The molecule has 0 aliphatic carbocycles. The van der Waals surface area contributed by atoms with Crippen molar-refractivity contribution in [3.8, 4) is 0 Å². The van der Waals surface area contributed by atoms with Crippen molar-refractivity contribution in [3.05, 3.63) is 34.9 Å². The average molecular weight is 270 g/mol. The second-order valence-corrected chi connectivity index (χ2v) is 4.86. The van der Waals surface area contributed by atoms with Crippen LogP contribution in [-0.4, -0.2) is 10.1 Å². The summed E-state index contributed by atoms with van der Waals surface area (Å²) in [6, 6.07) is 5.45. The highest BCUT2D eigenvalue weighted by Gasteiger charge is 2.07. The predicted octanol–water partition coefficient (Wildman–Crippen LogP) is 3.16. The van der Waals surface area contributed by atoms with Crippen LogP contribution < -0.4 is 5.73 Å². The van der Waals surface area contributed by atoms with Crippen LogP contribution in [0.2, 0.25) is 5.02 Å². The van der Waals surface area contributed by atoms with Gasteiger partial charge in [0.05, 0.1) is 10.8 Å². The van der Waals surface area contributed by atoms with Gasteiger partial charge in [-0.15, -0.1) is 11.8 Å². The van der Waals surface area contributed by atoms with Crippen molar-refractivity contribution >= 4 is 29.1 Å². The Morgan fingerprint density at radius 3 is 2.94 bits per heavy atom. The third-order valence-electron chi connectivity index (χ3n) is 2.13. The molecule has 0 amide bonds. The Morgan fingerprint density at radius 2 is 2.29 bits per heavy atom. The van der Waals surface area contributed by atoms with Crippen LogP contribution in [-0.2, 0) is 12.2 Å². The fraction of sp³-hybridized carbons (Fsp3) is 0.273. The van der Waals surface area contributed by atoms with Gasteiger partial charge in [-0.1, -0.05) is 23.7 Å². The minimum absolute atomic E-state index is 0.632. The third kappa shape index (κ3) is 3.14. The number of hydrogen-bond acceptors (Lipinski definition) is 5. The van der Waals surface area contributed by atoms with Gasteiger partial charge >= 0.3 is 0 Å². The van der Waals surface area contributed by atoms with Gasteiger partial charge in [0.25, 0.3) is 0 Å². The molecule has 0 unspecified atom stereocenters. The summed E-state index contributed by atoms with van der Waals surface area (Å²) < 4.78 is 5.02. The summed E-state index contributed by atoms with van der Waals surface area (Å²) in [5.74, 6) is 1.97. The standard InChI is InChI=1S/C11H12ClN3OS/c1-2-11-14-10(15-16-11)6-17-9-4-3-7(13)5-8(9)12/h3-5H,2,6,13H2,1H3. The summed E-state index contributed by atoms with van der Waals surface area (Å²) >= 11 is 7.62. The number of nitrogen functional groups attached to an aromatic ring is 1. The van der Waals surface area contributed by atoms with Gasteiger partial charge < -0.3 is 10.3 Å². The first-order valence-electron chi connectivity index (χ1n) is 5.18. The van der Waals surface area contributed by atoms with Crippen LogP contribution in [0, 0.1) is 0 Å². The minimum Gasteiger partial charge on any atom is -0.399 e. The second kappa shape index (κ2) is 5.42. The highest BCUT2D eigenvalue weighted by atomic mass is 35.5. The lowest BCUT2D eigenvalue weighted by atomic mass is 10.3. The number of nitrogens with two attached hydrogens (primary N) is 1. The lowest BCUT2D eigenvalue weighted by molar-refractivity contribution is 0.378. The quantitative estimate of drug-likeness (QED) is 0.682. The fourth-order valence-electron chi connectivity index (χ4n) is 1.27. The maximum atomic E-state index is 6.06. The van der Waals surface area contributed by atoms with E-state index >= 15 is 0 Å². The number of nitrogens with zero attached hydrogens (tertiary/aromatic N) is 2. The Hall–Kier alpha value is -1.20. The Morgan fingerprint density at radius 1 is 1.47 bits per heavy atom. The molecule has 0 atom stereocenters. The van der Waals surface area contributed by atoms with Gasteiger partial charge in [0.2, 0.25) is 5.89 Å². The molecular formula is C11H12ClN3OS. The number of rotatable bonds is 4. The monoisotopic (exact) mass is 269 g/mol. The van der Waals surface area contributed by atoms with Crippen LogP contribution in [0.25, 0.3) is 0 Å². The van der Waals surface area contributed by atoms with Crippen molar-refractivity contribution in [1.29, 1.82) is 0 Å². The number of thioether (sulfide) groups is 1. The summed E-state index contributed by atoms with van der Waals surface area (Å²) in [7, 11) is 0. The molecule has 4 nitrogen and oxygen atoms in total. The largest absolute Gasteiger partial charge is 0.399 e. The maximum absolute atomic E-state index is 6.06. The highest BCUT2D eigenvalue weighted by molar-refractivity contribution is 7.98. The summed E-state index contributed by atoms with van der Waals surface area (Å²) in [5.41, 5.74) is 6.28. The van der Waals surface area contributed by atoms with Gasteiger partial charge in [-0.3, -0.25) is 0 Å². The van der Waals surface area contributed by atoms with Crippen LogP contribution in [0.4, 0.5) is 5.69 Å². The van der Waals surface area contributed by atoms with Gasteiger partial charge in [0.15, 0.2) is 5.82 Å². The molecule has 0 aliphatic heterocycles. The fourth-order valence-corrected chi connectivity index (χ4v) is 2.38. The Labute approximate surface area is 109 Å². The molecule has 1 aromatic carbocycles. The SMILES string of the molecule is CCc1nc(CSc2ccc(N)cc2Cl)no1. The molecule has 17 heavy (non-hydrogen) atoms. The van der Waals surface area contributed by atoms with E-state index in [9.17, 15) is 0 Å². The van der Waals surface area contributed by atoms with Crippen molar-refractivity contribution in [1.82, 2.24) is 10.1 Å². The van der Waals surface area contributed by atoms with E-state index < -0.39 is 0 Å². The second-order valence-electron chi connectivity index (χ2n) is 3.44. The van der Waals surface area contributed by atoms with Crippen LogP contribution in [0.5, 0.6) is 0 Å². The molecule has 0 aliphatic rings. The lowest BCUT2D eigenvalue weighted by Gasteiger charge is -2.02. The molecule has 2 aromatic rings. The molecular weight excluding hydrogens is 258 g/mol. The van der Waals surface area contributed by atoms with E-state index in [0.717, 1.165) is 11.3 Å². The molecule has 0 saturated heterocycles. The summed E-state index contributed by atoms with van der Waals surface area (Å²) in [4.78, 5) is 5.19. The molecule has 0 fully saturated rings.